The molecule has 0 bridgehead atoms. The molecule has 0 amide bonds. The van der Waals surface area contributed by atoms with E-state index in [1.165, 1.54) is 0 Å². The van der Waals surface area contributed by atoms with Gasteiger partial charge in [0.2, 0.25) is 0 Å². The van der Waals surface area contributed by atoms with Crippen molar-refractivity contribution in [3.63, 3.8) is 0 Å². The first kappa shape index (κ1) is 17.3. The Kier molecular flexibility index (Phi) is 4.42. The second kappa shape index (κ2) is 6.89. The number of carboxylic acid groups (broad SMARTS) is 1. The molecule has 0 spiro atoms. The van der Waals surface area contributed by atoms with E-state index in [-0.39, 0.29) is 5.56 Å². The van der Waals surface area contributed by atoms with Crippen molar-refractivity contribution in [1.29, 1.82) is 0 Å². The van der Waals surface area contributed by atoms with E-state index in [9.17, 15) is 9.90 Å². The number of rotatable bonds is 4. The fourth-order valence-corrected chi connectivity index (χ4v) is 3.31. The van der Waals surface area contributed by atoms with Crippen molar-refractivity contribution in [3.05, 3.63) is 76.8 Å². The van der Waals surface area contributed by atoms with Gasteiger partial charge in [-0.3, -0.25) is 0 Å². The third-order valence-corrected chi connectivity index (χ3v) is 4.84. The van der Waals surface area contributed by atoms with E-state index >= 15 is 0 Å². The van der Waals surface area contributed by atoms with Crippen molar-refractivity contribution in [3.8, 4) is 22.8 Å². The van der Waals surface area contributed by atoms with Crippen molar-refractivity contribution in [2.45, 2.75) is 13.3 Å². The Morgan fingerprint density at radius 1 is 1.07 bits per heavy atom. The van der Waals surface area contributed by atoms with Crippen LogP contribution in [-0.2, 0) is 6.42 Å². The van der Waals surface area contributed by atoms with Crippen LogP contribution in [0.15, 0.2) is 65.1 Å². The Bertz CT molecular complexity index is 1160. The lowest BCUT2D eigenvalue weighted by molar-refractivity contribution is 0.0699. The Morgan fingerprint density at radius 2 is 1.85 bits per heavy atom. The molecule has 0 saturated carbocycles. The van der Waals surface area contributed by atoms with Crippen LogP contribution in [0.25, 0.3) is 33.7 Å². The van der Waals surface area contributed by atoms with Gasteiger partial charge in [-0.15, -0.1) is 0 Å². The second-order valence-corrected chi connectivity index (χ2v) is 6.62. The molecular weight excluding hydrogens is 362 g/mol. The first-order valence-corrected chi connectivity index (χ1v) is 8.96. The molecule has 0 aliphatic rings. The van der Waals surface area contributed by atoms with E-state index in [1.54, 1.807) is 18.2 Å². The Labute approximate surface area is 161 Å². The SMILES string of the molecule is CCc1ccc2nc(-c3ccc(-c4ccccc4Cl)o3)cc(C(=O)O)c2c1. The normalized spacial score (nSPS) is 11.0. The van der Waals surface area contributed by atoms with E-state index in [4.69, 9.17) is 16.0 Å². The number of carbonyl (C=O) groups is 1. The molecule has 4 rings (SSSR count). The van der Waals surface area contributed by atoms with Crippen molar-refractivity contribution < 1.29 is 14.3 Å². The largest absolute Gasteiger partial charge is 0.478 e. The lowest BCUT2D eigenvalue weighted by Gasteiger charge is -2.07. The summed E-state index contributed by atoms with van der Waals surface area (Å²) in [5, 5.41) is 10.9. The molecule has 0 aliphatic carbocycles. The lowest BCUT2D eigenvalue weighted by atomic mass is 10.0. The summed E-state index contributed by atoms with van der Waals surface area (Å²) in [4.78, 5) is 16.4. The third kappa shape index (κ3) is 3.20. The summed E-state index contributed by atoms with van der Waals surface area (Å²) in [6.45, 7) is 2.03. The predicted octanol–water partition coefficient (Wildman–Crippen LogP) is 6.08. The van der Waals surface area contributed by atoms with Gasteiger partial charge in [-0.1, -0.05) is 36.7 Å². The van der Waals surface area contributed by atoms with Crippen molar-refractivity contribution >= 4 is 28.5 Å². The highest BCUT2D eigenvalue weighted by molar-refractivity contribution is 6.33. The van der Waals surface area contributed by atoms with Crippen LogP contribution in [0.3, 0.4) is 0 Å². The van der Waals surface area contributed by atoms with Crippen LogP contribution in [0.1, 0.15) is 22.8 Å². The van der Waals surface area contributed by atoms with Crippen LogP contribution in [-0.4, -0.2) is 16.1 Å². The molecule has 4 aromatic rings. The molecule has 0 aliphatic heterocycles. The summed E-state index contributed by atoms with van der Waals surface area (Å²) >= 11 is 6.23. The van der Waals surface area contributed by atoms with Gasteiger partial charge in [-0.25, -0.2) is 9.78 Å². The number of fused-ring (bicyclic) bond motifs is 1. The average molecular weight is 378 g/mol. The number of aromatic carboxylic acids is 1. The molecule has 134 valence electrons. The minimum Gasteiger partial charge on any atom is -0.478 e. The second-order valence-electron chi connectivity index (χ2n) is 6.21. The quantitative estimate of drug-likeness (QED) is 0.468. The van der Waals surface area contributed by atoms with Crippen LogP contribution in [0.5, 0.6) is 0 Å². The summed E-state index contributed by atoms with van der Waals surface area (Å²) in [5.41, 5.74) is 3.15. The molecule has 0 saturated heterocycles. The monoisotopic (exact) mass is 377 g/mol. The molecule has 1 N–H and O–H groups in total. The van der Waals surface area contributed by atoms with Crippen LogP contribution < -0.4 is 0 Å². The first-order chi connectivity index (χ1) is 13.1. The molecule has 5 heteroatoms. The Balaban J connectivity index is 1.85. The molecule has 4 nitrogen and oxygen atoms in total. The maximum atomic E-state index is 11.8. The van der Waals surface area contributed by atoms with Gasteiger partial charge in [0.1, 0.15) is 11.5 Å². The first-order valence-electron chi connectivity index (χ1n) is 8.59. The van der Waals surface area contributed by atoms with Crippen molar-refractivity contribution in [2.75, 3.05) is 0 Å². The van der Waals surface area contributed by atoms with Gasteiger partial charge in [-0.05, 0) is 54.4 Å². The molecular formula is C22H16ClNO3. The third-order valence-electron chi connectivity index (χ3n) is 4.51. The summed E-state index contributed by atoms with van der Waals surface area (Å²) in [6, 6.07) is 18.2. The Morgan fingerprint density at radius 3 is 2.59 bits per heavy atom. The molecule has 0 radical (unpaired) electrons. The van der Waals surface area contributed by atoms with Gasteiger partial charge >= 0.3 is 5.97 Å². The topological polar surface area (TPSA) is 63.3 Å². The molecule has 2 aromatic heterocycles. The van der Waals surface area contributed by atoms with Gasteiger partial charge in [0.25, 0.3) is 0 Å². The number of nitrogens with zero attached hydrogens (tertiary/aromatic N) is 1. The van der Waals surface area contributed by atoms with Crippen LogP contribution in [0, 0.1) is 0 Å². The van der Waals surface area contributed by atoms with Gasteiger partial charge < -0.3 is 9.52 Å². The predicted molar refractivity (Wildman–Crippen MR) is 106 cm³/mol. The molecule has 2 heterocycles. The summed E-state index contributed by atoms with van der Waals surface area (Å²) < 4.78 is 5.93. The van der Waals surface area contributed by atoms with Crippen LogP contribution in [0.4, 0.5) is 0 Å². The highest BCUT2D eigenvalue weighted by atomic mass is 35.5. The number of hydrogen-bond donors (Lipinski definition) is 1. The van der Waals surface area contributed by atoms with E-state index in [1.807, 2.05) is 49.4 Å². The zero-order chi connectivity index (χ0) is 19.0. The average Bonchev–Trinajstić information content (AvgIpc) is 3.16. The molecule has 0 unspecified atom stereocenters. The number of hydrogen-bond acceptors (Lipinski definition) is 3. The van der Waals surface area contributed by atoms with Crippen molar-refractivity contribution in [2.24, 2.45) is 0 Å². The number of halogens is 1. The number of pyridine rings is 1. The van der Waals surface area contributed by atoms with Gasteiger partial charge in [-0.2, -0.15) is 0 Å². The minimum atomic E-state index is -0.991. The maximum absolute atomic E-state index is 11.8. The summed E-state index contributed by atoms with van der Waals surface area (Å²) in [6.07, 6.45) is 0.829. The number of aromatic nitrogens is 1. The number of carboxylic acids is 1. The highest BCUT2D eigenvalue weighted by Gasteiger charge is 2.16. The molecule has 2 aromatic carbocycles. The van der Waals surface area contributed by atoms with Gasteiger partial charge in [0, 0.05) is 10.9 Å². The number of furan rings is 1. The highest BCUT2D eigenvalue weighted by Crippen LogP contribution is 2.33. The summed E-state index contributed by atoms with van der Waals surface area (Å²) in [5.74, 6) is 0.111. The fraction of sp³-hybridized carbons (Fsp3) is 0.0909. The van der Waals surface area contributed by atoms with Gasteiger partial charge in [0.15, 0.2) is 5.76 Å². The Hall–Kier alpha value is -3.11. The van der Waals surface area contributed by atoms with E-state index in [2.05, 4.69) is 4.98 Å². The van der Waals surface area contributed by atoms with E-state index < -0.39 is 5.97 Å². The number of aryl methyl sites for hydroxylation is 1. The zero-order valence-electron chi connectivity index (χ0n) is 14.6. The van der Waals surface area contributed by atoms with Gasteiger partial charge in [0.05, 0.1) is 16.1 Å². The summed E-state index contributed by atoms with van der Waals surface area (Å²) in [7, 11) is 0. The molecule has 27 heavy (non-hydrogen) atoms. The molecule has 0 fully saturated rings. The minimum absolute atomic E-state index is 0.209. The van der Waals surface area contributed by atoms with Crippen LogP contribution >= 0.6 is 11.6 Å². The number of benzene rings is 2. The van der Waals surface area contributed by atoms with E-state index in [0.29, 0.717) is 33.1 Å². The lowest BCUT2D eigenvalue weighted by Crippen LogP contribution is -2.00. The molecule has 0 atom stereocenters. The van der Waals surface area contributed by atoms with Crippen LogP contribution in [0.2, 0.25) is 5.02 Å². The smallest absolute Gasteiger partial charge is 0.336 e. The van der Waals surface area contributed by atoms with Crippen molar-refractivity contribution in [1.82, 2.24) is 4.98 Å². The fourth-order valence-electron chi connectivity index (χ4n) is 3.08. The zero-order valence-corrected chi connectivity index (χ0v) is 15.3. The van der Waals surface area contributed by atoms with E-state index in [0.717, 1.165) is 17.5 Å². The maximum Gasteiger partial charge on any atom is 0.336 e. The standard InChI is InChI=1S/C22H16ClNO3/c1-2-13-7-8-18-15(11-13)16(22(25)26)12-19(24-18)21-10-9-20(27-21)14-5-3-4-6-17(14)23/h3-12H,2H2,1H3,(H,25,26).